The van der Waals surface area contributed by atoms with Gasteiger partial charge in [0.25, 0.3) is 0 Å². The van der Waals surface area contributed by atoms with Crippen LogP contribution in [0.3, 0.4) is 0 Å². The minimum absolute atomic E-state index is 0.238. The highest BCUT2D eigenvalue weighted by molar-refractivity contribution is 7.10. The lowest BCUT2D eigenvalue weighted by Gasteiger charge is -2.16. The Morgan fingerprint density at radius 1 is 1.35 bits per heavy atom. The molecule has 0 radical (unpaired) electrons. The molecule has 0 aliphatic carbocycles. The third-order valence-corrected chi connectivity index (χ3v) is 3.79. The summed E-state index contributed by atoms with van der Waals surface area (Å²) in [5.41, 5.74) is 0.918. The maximum absolute atomic E-state index is 5.99. The summed E-state index contributed by atoms with van der Waals surface area (Å²) in [5, 5.41) is 6.18. The Labute approximate surface area is 110 Å². The van der Waals surface area contributed by atoms with E-state index in [2.05, 4.69) is 23.7 Å². The second kappa shape index (κ2) is 5.43. The minimum atomic E-state index is 0.238. The topological polar surface area (TPSA) is 21.3 Å². The normalized spacial score (nSPS) is 12.2. The van der Waals surface area contributed by atoms with Crippen LogP contribution in [0.5, 0.6) is 5.75 Å². The Balaban J connectivity index is 2.20. The van der Waals surface area contributed by atoms with Crippen molar-refractivity contribution in [2.24, 2.45) is 0 Å². The fraction of sp³-hybridized carbons (Fsp3) is 0.231. The summed E-state index contributed by atoms with van der Waals surface area (Å²) < 4.78 is 5.30. The molecule has 4 heteroatoms. The van der Waals surface area contributed by atoms with Crippen LogP contribution < -0.4 is 10.1 Å². The maximum atomic E-state index is 5.99. The van der Waals surface area contributed by atoms with E-state index in [0.717, 1.165) is 11.4 Å². The predicted octanol–water partition coefficient (Wildman–Crippen LogP) is 4.58. The number of benzene rings is 1. The van der Waals surface area contributed by atoms with Gasteiger partial charge in [-0.1, -0.05) is 17.7 Å². The van der Waals surface area contributed by atoms with Gasteiger partial charge in [0.15, 0.2) is 0 Å². The number of ether oxygens (including phenoxy) is 1. The van der Waals surface area contributed by atoms with Crippen molar-refractivity contribution >= 4 is 28.6 Å². The van der Waals surface area contributed by atoms with E-state index < -0.39 is 0 Å². The fourth-order valence-electron chi connectivity index (χ4n) is 1.64. The van der Waals surface area contributed by atoms with Crippen LogP contribution in [0.25, 0.3) is 0 Å². The summed E-state index contributed by atoms with van der Waals surface area (Å²) >= 11 is 7.72. The molecule has 0 bridgehead atoms. The number of anilines is 1. The molecule has 0 saturated heterocycles. The summed E-state index contributed by atoms with van der Waals surface area (Å²) in [5.74, 6) is 0.804. The maximum Gasteiger partial charge on any atom is 0.142 e. The number of hydrogen-bond acceptors (Lipinski definition) is 3. The van der Waals surface area contributed by atoms with Crippen LogP contribution in [0, 0.1) is 0 Å². The molecule has 0 fully saturated rings. The van der Waals surface area contributed by atoms with Crippen molar-refractivity contribution < 1.29 is 4.74 Å². The second-order valence-electron chi connectivity index (χ2n) is 3.73. The van der Waals surface area contributed by atoms with Crippen molar-refractivity contribution in [3.05, 3.63) is 45.6 Å². The van der Waals surface area contributed by atoms with Gasteiger partial charge in [-0.05, 0) is 36.6 Å². The van der Waals surface area contributed by atoms with Gasteiger partial charge in [0.05, 0.1) is 18.8 Å². The first-order valence-corrected chi connectivity index (χ1v) is 6.60. The molecule has 1 aromatic carbocycles. The van der Waals surface area contributed by atoms with Gasteiger partial charge in [0, 0.05) is 9.90 Å². The molecular weight excluding hydrogens is 254 g/mol. The van der Waals surface area contributed by atoms with E-state index in [1.807, 2.05) is 24.3 Å². The monoisotopic (exact) mass is 267 g/mol. The smallest absolute Gasteiger partial charge is 0.142 e. The molecule has 1 unspecified atom stereocenters. The average molecular weight is 268 g/mol. The molecule has 1 atom stereocenters. The van der Waals surface area contributed by atoms with Crippen molar-refractivity contribution in [3.8, 4) is 5.75 Å². The zero-order chi connectivity index (χ0) is 12.3. The summed E-state index contributed by atoms with van der Waals surface area (Å²) in [4.78, 5) is 1.28. The third-order valence-electron chi connectivity index (χ3n) is 2.50. The van der Waals surface area contributed by atoms with Crippen molar-refractivity contribution in [2.75, 3.05) is 12.4 Å². The molecule has 2 rings (SSSR count). The van der Waals surface area contributed by atoms with Crippen LogP contribution in [-0.4, -0.2) is 7.11 Å². The molecule has 0 amide bonds. The molecule has 2 nitrogen and oxygen atoms in total. The van der Waals surface area contributed by atoms with E-state index in [1.54, 1.807) is 18.4 Å². The minimum Gasteiger partial charge on any atom is -0.495 e. The molecular formula is C13H14ClNOS. The standard InChI is InChI=1S/C13H14ClNOS/c1-9(13-4-3-7-17-13)15-11-8-10(14)5-6-12(11)16-2/h3-9,15H,1-2H3. The first-order valence-electron chi connectivity index (χ1n) is 5.34. The first-order chi connectivity index (χ1) is 8.20. The number of rotatable bonds is 4. The van der Waals surface area contributed by atoms with Crippen LogP contribution >= 0.6 is 22.9 Å². The van der Waals surface area contributed by atoms with E-state index in [0.29, 0.717) is 5.02 Å². The number of nitrogens with one attached hydrogen (secondary N) is 1. The molecule has 2 aromatic rings. The lowest BCUT2D eigenvalue weighted by molar-refractivity contribution is 0.416. The lowest BCUT2D eigenvalue weighted by atomic mass is 10.2. The van der Waals surface area contributed by atoms with E-state index in [4.69, 9.17) is 16.3 Å². The number of thiophene rings is 1. The molecule has 0 spiro atoms. The lowest BCUT2D eigenvalue weighted by Crippen LogP contribution is -2.06. The van der Waals surface area contributed by atoms with Crippen molar-refractivity contribution in [2.45, 2.75) is 13.0 Å². The second-order valence-corrected chi connectivity index (χ2v) is 5.14. The molecule has 90 valence electrons. The summed E-state index contributed by atoms with van der Waals surface area (Å²) in [6.45, 7) is 2.12. The van der Waals surface area contributed by atoms with Gasteiger partial charge in [-0.15, -0.1) is 11.3 Å². The summed E-state index contributed by atoms with van der Waals surface area (Å²) in [7, 11) is 1.66. The largest absolute Gasteiger partial charge is 0.495 e. The number of methoxy groups -OCH3 is 1. The highest BCUT2D eigenvalue weighted by atomic mass is 35.5. The number of halogens is 1. The van der Waals surface area contributed by atoms with Crippen LogP contribution in [-0.2, 0) is 0 Å². The highest BCUT2D eigenvalue weighted by Crippen LogP contribution is 2.31. The van der Waals surface area contributed by atoms with Gasteiger partial charge in [-0.25, -0.2) is 0 Å². The Bertz CT molecular complexity index is 484. The van der Waals surface area contributed by atoms with E-state index in [-0.39, 0.29) is 6.04 Å². The third kappa shape index (κ3) is 2.93. The summed E-state index contributed by atoms with van der Waals surface area (Å²) in [6, 6.07) is 9.96. The van der Waals surface area contributed by atoms with E-state index in [1.165, 1.54) is 4.88 Å². The van der Waals surface area contributed by atoms with Crippen molar-refractivity contribution in [1.82, 2.24) is 0 Å². The zero-order valence-corrected chi connectivity index (χ0v) is 11.3. The molecule has 1 aromatic heterocycles. The van der Waals surface area contributed by atoms with Crippen LogP contribution in [0.1, 0.15) is 17.8 Å². The number of hydrogen-bond donors (Lipinski definition) is 1. The SMILES string of the molecule is COc1ccc(Cl)cc1NC(C)c1cccs1. The quantitative estimate of drug-likeness (QED) is 0.875. The highest BCUT2D eigenvalue weighted by Gasteiger charge is 2.10. The van der Waals surface area contributed by atoms with Gasteiger partial charge < -0.3 is 10.1 Å². The molecule has 0 saturated carbocycles. The van der Waals surface area contributed by atoms with E-state index >= 15 is 0 Å². The molecule has 17 heavy (non-hydrogen) atoms. The fourth-order valence-corrected chi connectivity index (χ4v) is 2.54. The van der Waals surface area contributed by atoms with Crippen molar-refractivity contribution in [1.29, 1.82) is 0 Å². The van der Waals surface area contributed by atoms with Gasteiger partial charge in [-0.2, -0.15) is 0 Å². The Morgan fingerprint density at radius 2 is 2.18 bits per heavy atom. The van der Waals surface area contributed by atoms with Gasteiger partial charge in [-0.3, -0.25) is 0 Å². The summed E-state index contributed by atoms with van der Waals surface area (Å²) in [6.07, 6.45) is 0. The predicted molar refractivity (Wildman–Crippen MR) is 74.4 cm³/mol. The molecule has 1 N–H and O–H groups in total. The average Bonchev–Trinajstić information content (AvgIpc) is 2.83. The van der Waals surface area contributed by atoms with Gasteiger partial charge >= 0.3 is 0 Å². The Morgan fingerprint density at radius 3 is 2.82 bits per heavy atom. The van der Waals surface area contributed by atoms with Gasteiger partial charge in [0.2, 0.25) is 0 Å². The molecule has 1 heterocycles. The van der Waals surface area contributed by atoms with Crippen LogP contribution in [0.15, 0.2) is 35.7 Å². The van der Waals surface area contributed by atoms with E-state index in [9.17, 15) is 0 Å². The molecule has 0 aliphatic rings. The van der Waals surface area contributed by atoms with Crippen LogP contribution in [0.4, 0.5) is 5.69 Å². The van der Waals surface area contributed by atoms with Gasteiger partial charge in [0.1, 0.15) is 5.75 Å². The Hall–Kier alpha value is -1.19. The first kappa shape index (κ1) is 12.3. The van der Waals surface area contributed by atoms with Crippen LogP contribution in [0.2, 0.25) is 5.02 Å². The Kier molecular flexibility index (Phi) is 3.92. The van der Waals surface area contributed by atoms with Crippen molar-refractivity contribution in [3.63, 3.8) is 0 Å². The zero-order valence-electron chi connectivity index (χ0n) is 9.74. The molecule has 0 aliphatic heterocycles.